The van der Waals surface area contributed by atoms with E-state index in [2.05, 4.69) is 38.7 Å². The number of hydrogen-bond donors (Lipinski definition) is 0. The number of carbonyl (C=O) groups excluding carboxylic acids is 1. The van der Waals surface area contributed by atoms with Gasteiger partial charge in [0, 0.05) is 0 Å². The Morgan fingerprint density at radius 3 is 2.50 bits per heavy atom. The van der Waals surface area contributed by atoms with Crippen LogP contribution in [0, 0.1) is 0 Å². The fourth-order valence-electron chi connectivity index (χ4n) is 2.38. The van der Waals surface area contributed by atoms with E-state index in [0.717, 1.165) is 11.8 Å². The van der Waals surface area contributed by atoms with E-state index < -0.39 is 25.8 Å². The average molecular weight is 377 g/mol. The number of carbonyl (C=O) groups is 1. The Morgan fingerprint density at radius 2 is 2.00 bits per heavy atom. The summed E-state index contributed by atoms with van der Waals surface area (Å²) in [4.78, 5) is 15.2. The van der Waals surface area contributed by atoms with E-state index in [1.165, 1.54) is 0 Å². The third-order valence-electron chi connectivity index (χ3n) is 5.19. The molecule has 0 saturated carbocycles. The molecule has 0 radical (unpaired) electrons. The molecular weight excluding hydrogens is 348 g/mol. The molecule has 6 nitrogen and oxygen atoms in total. The third kappa shape index (κ3) is 4.75. The quantitative estimate of drug-likeness (QED) is 0.218. The van der Waals surface area contributed by atoms with Crippen LogP contribution in [-0.2, 0) is 25.3 Å². The van der Waals surface area contributed by atoms with E-state index in [0.29, 0.717) is 6.61 Å². The van der Waals surface area contributed by atoms with Gasteiger partial charge in [0.25, 0.3) is 5.78 Å². The molecule has 1 fully saturated rings. The van der Waals surface area contributed by atoms with Gasteiger partial charge in [-0.3, -0.25) is 4.79 Å². The van der Waals surface area contributed by atoms with Crippen LogP contribution in [0.4, 0.5) is 0 Å². The van der Waals surface area contributed by atoms with E-state index in [9.17, 15) is 4.79 Å². The zero-order chi connectivity index (χ0) is 19.4. The molecule has 2 rings (SSSR count). The first kappa shape index (κ1) is 20.7. The molecule has 1 aliphatic heterocycles. The molecular formula is C19H28N2O4Si. The summed E-state index contributed by atoms with van der Waals surface area (Å²) in [6, 6.07) is 9.82. The Balaban J connectivity index is 2.14. The molecule has 7 heteroatoms. The van der Waals surface area contributed by atoms with Gasteiger partial charge in [0.05, 0.1) is 19.8 Å². The van der Waals surface area contributed by atoms with Crippen LogP contribution in [0.2, 0.25) is 18.1 Å². The van der Waals surface area contributed by atoms with Crippen molar-refractivity contribution in [1.82, 2.24) is 0 Å². The van der Waals surface area contributed by atoms with Gasteiger partial charge in [-0.2, -0.15) is 4.79 Å². The van der Waals surface area contributed by atoms with E-state index in [-0.39, 0.29) is 18.3 Å². The topological polar surface area (TPSA) is 84.5 Å². The van der Waals surface area contributed by atoms with E-state index >= 15 is 0 Å². The predicted molar refractivity (Wildman–Crippen MR) is 102 cm³/mol. The lowest BCUT2D eigenvalue weighted by Gasteiger charge is -2.40. The van der Waals surface area contributed by atoms with Crippen LogP contribution in [0.5, 0.6) is 0 Å². The van der Waals surface area contributed by atoms with Crippen LogP contribution in [0.25, 0.3) is 5.53 Å². The van der Waals surface area contributed by atoms with E-state index in [4.69, 9.17) is 19.4 Å². The zero-order valence-corrected chi connectivity index (χ0v) is 17.2. The summed E-state index contributed by atoms with van der Waals surface area (Å²) >= 11 is 0. The van der Waals surface area contributed by atoms with E-state index in [1.807, 2.05) is 30.3 Å². The minimum atomic E-state index is -2.16. The maximum atomic E-state index is 12.4. The highest BCUT2D eigenvalue weighted by atomic mass is 28.4. The van der Waals surface area contributed by atoms with Crippen molar-refractivity contribution in [2.24, 2.45) is 0 Å². The highest BCUT2D eigenvalue weighted by Gasteiger charge is 2.61. The standard InChI is InChI=1S/C19H28N2O4Si/c1-18(2,3)26(4,5)25-17(19(14-24-19)16(22)11-21-20)13-23-12-15-9-7-6-8-10-15/h6-11,17H,12-14H2,1-5H3/t17-,19?/m1/s1. The first-order valence-electron chi connectivity index (χ1n) is 8.78. The van der Waals surface area contributed by atoms with Gasteiger partial charge in [-0.25, -0.2) is 0 Å². The smallest absolute Gasteiger partial charge is 0.326 e. The molecule has 0 bridgehead atoms. The largest absolute Gasteiger partial charge is 0.408 e. The second-order valence-electron chi connectivity index (χ2n) is 8.15. The van der Waals surface area contributed by atoms with Crippen molar-refractivity contribution in [3.05, 3.63) is 41.4 Å². The Hall–Kier alpha value is -1.63. The summed E-state index contributed by atoms with van der Waals surface area (Å²) in [6.07, 6.45) is 0.337. The number of epoxide rings is 1. The van der Waals surface area contributed by atoms with Crippen LogP contribution in [0.1, 0.15) is 26.3 Å². The summed E-state index contributed by atoms with van der Waals surface area (Å²) in [7, 11) is -2.16. The van der Waals surface area contributed by atoms with Gasteiger partial charge in [0.15, 0.2) is 13.9 Å². The van der Waals surface area contributed by atoms with Gasteiger partial charge < -0.3 is 19.4 Å². The second kappa shape index (κ2) is 7.94. The normalized spacial score (nSPS) is 21.0. The summed E-state index contributed by atoms with van der Waals surface area (Å²) in [6.45, 7) is 11.6. The minimum Gasteiger partial charge on any atom is -0.408 e. The third-order valence-corrected chi connectivity index (χ3v) is 9.68. The zero-order valence-electron chi connectivity index (χ0n) is 16.2. The molecule has 0 amide bonds. The van der Waals surface area contributed by atoms with Gasteiger partial charge >= 0.3 is 6.21 Å². The maximum absolute atomic E-state index is 12.4. The first-order chi connectivity index (χ1) is 12.1. The average Bonchev–Trinajstić information content (AvgIpc) is 3.36. The van der Waals surface area contributed by atoms with Crippen molar-refractivity contribution in [1.29, 1.82) is 0 Å². The molecule has 1 aliphatic rings. The molecule has 2 atom stereocenters. The highest BCUT2D eigenvalue weighted by molar-refractivity contribution is 6.74. The number of ketones is 1. The maximum Gasteiger partial charge on any atom is 0.326 e. The monoisotopic (exact) mass is 376 g/mol. The molecule has 26 heavy (non-hydrogen) atoms. The Labute approximate surface area is 156 Å². The molecule has 0 aliphatic carbocycles. The lowest BCUT2D eigenvalue weighted by atomic mass is 9.99. The van der Waals surface area contributed by atoms with Crippen LogP contribution in [-0.4, -0.2) is 50.0 Å². The summed E-state index contributed by atoms with van der Waals surface area (Å²) in [5.41, 5.74) is 8.66. The van der Waals surface area contributed by atoms with Gasteiger partial charge in [0.2, 0.25) is 0 Å². The SMILES string of the molecule is CC(C)(C)[Si](C)(C)O[C@H](COCc1ccccc1)C1(C(=O)C=[N+]=[N-])CO1. The molecule has 0 aromatic heterocycles. The lowest BCUT2D eigenvalue weighted by Crippen LogP contribution is -2.52. The first-order valence-corrected chi connectivity index (χ1v) is 11.7. The molecule has 0 N–H and O–H groups in total. The molecule has 1 unspecified atom stereocenters. The van der Waals surface area contributed by atoms with Crippen molar-refractivity contribution >= 4 is 20.3 Å². The van der Waals surface area contributed by atoms with Crippen LogP contribution in [0.3, 0.4) is 0 Å². The molecule has 1 saturated heterocycles. The van der Waals surface area contributed by atoms with Crippen molar-refractivity contribution in [2.45, 2.75) is 57.2 Å². The lowest BCUT2D eigenvalue weighted by molar-refractivity contribution is -0.126. The predicted octanol–water partition coefficient (Wildman–Crippen LogP) is 3.23. The molecule has 0 spiro atoms. The second-order valence-corrected chi connectivity index (χ2v) is 12.9. The van der Waals surface area contributed by atoms with Crippen molar-refractivity contribution < 1.29 is 23.5 Å². The minimum absolute atomic E-state index is 0.0190. The number of Topliss-reactive ketones (excluding diaryl/α,β-unsaturated/α-hetero) is 1. The molecule has 1 heterocycles. The Kier molecular flexibility index (Phi) is 6.32. The highest BCUT2D eigenvalue weighted by Crippen LogP contribution is 2.42. The van der Waals surface area contributed by atoms with Crippen LogP contribution in [0.15, 0.2) is 30.3 Å². The molecule has 142 valence electrons. The summed E-state index contributed by atoms with van der Waals surface area (Å²) < 4.78 is 17.8. The van der Waals surface area contributed by atoms with Gasteiger partial charge in [0.1, 0.15) is 6.10 Å². The fraction of sp³-hybridized carbons (Fsp3) is 0.579. The number of hydrogen-bond acceptors (Lipinski definition) is 4. The number of nitrogens with zero attached hydrogens (tertiary/aromatic N) is 2. The van der Waals surface area contributed by atoms with Crippen molar-refractivity contribution in [3.63, 3.8) is 0 Å². The van der Waals surface area contributed by atoms with Crippen molar-refractivity contribution in [3.8, 4) is 0 Å². The molecule has 1 aromatic rings. The summed E-state index contributed by atoms with van der Waals surface area (Å²) in [5, 5.41) is -0.0190. The number of ether oxygens (including phenoxy) is 2. The van der Waals surface area contributed by atoms with Gasteiger partial charge in [-0.05, 0) is 23.7 Å². The Morgan fingerprint density at radius 1 is 1.38 bits per heavy atom. The molecule has 1 aromatic carbocycles. The number of benzene rings is 1. The summed E-state index contributed by atoms with van der Waals surface area (Å²) in [5.74, 6) is -0.396. The van der Waals surface area contributed by atoms with Gasteiger partial charge in [-0.1, -0.05) is 51.1 Å². The van der Waals surface area contributed by atoms with Crippen molar-refractivity contribution in [2.75, 3.05) is 13.2 Å². The van der Waals surface area contributed by atoms with Crippen LogP contribution < -0.4 is 0 Å². The fourth-order valence-corrected chi connectivity index (χ4v) is 3.70. The van der Waals surface area contributed by atoms with E-state index in [1.54, 1.807) is 0 Å². The number of rotatable bonds is 9. The Bertz CT molecular complexity index is 675. The van der Waals surface area contributed by atoms with Gasteiger partial charge in [-0.15, -0.1) is 0 Å². The van der Waals surface area contributed by atoms with Crippen LogP contribution >= 0.6 is 0 Å².